The summed E-state index contributed by atoms with van der Waals surface area (Å²) in [4.78, 5) is 14.7. The first kappa shape index (κ1) is 13.6. The molecule has 2 saturated heterocycles. The van der Waals surface area contributed by atoms with Crippen LogP contribution in [0.1, 0.15) is 44.1 Å². The second-order valence-electron chi connectivity index (χ2n) is 6.19. The van der Waals surface area contributed by atoms with E-state index in [0.29, 0.717) is 17.9 Å². The highest BCUT2D eigenvalue weighted by Gasteiger charge is 2.36. The smallest absolute Gasteiger partial charge is 0.239 e. The van der Waals surface area contributed by atoms with E-state index in [4.69, 9.17) is 0 Å². The van der Waals surface area contributed by atoms with E-state index in [2.05, 4.69) is 47.5 Å². The number of nitrogens with zero attached hydrogens (tertiary/aromatic N) is 1. The van der Waals surface area contributed by atoms with Crippen LogP contribution in [-0.2, 0) is 4.79 Å². The SMILES string of the molecule is CC1CC(c2ccccc2)CN1C(=O)C1CCCCN1. The van der Waals surface area contributed by atoms with E-state index in [9.17, 15) is 4.79 Å². The zero-order chi connectivity index (χ0) is 13.9. The molecule has 0 aliphatic carbocycles. The number of nitrogens with one attached hydrogen (secondary N) is 1. The average Bonchev–Trinajstić information content (AvgIpc) is 2.90. The van der Waals surface area contributed by atoms with Crippen LogP contribution >= 0.6 is 0 Å². The second kappa shape index (κ2) is 5.96. The lowest BCUT2D eigenvalue weighted by Crippen LogP contribution is -2.49. The molecule has 1 amide bonds. The van der Waals surface area contributed by atoms with Crippen LogP contribution in [0.15, 0.2) is 30.3 Å². The first-order valence-corrected chi connectivity index (χ1v) is 7.84. The van der Waals surface area contributed by atoms with Gasteiger partial charge in [0.25, 0.3) is 0 Å². The van der Waals surface area contributed by atoms with Gasteiger partial charge in [-0.3, -0.25) is 4.79 Å². The Morgan fingerprint density at radius 2 is 2.05 bits per heavy atom. The van der Waals surface area contributed by atoms with Crippen LogP contribution in [0.25, 0.3) is 0 Å². The molecule has 1 aromatic carbocycles. The Bertz CT molecular complexity index is 453. The van der Waals surface area contributed by atoms with Gasteiger partial charge in [0.1, 0.15) is 0 Å². The summed E-state index contributed by atoms with van der Waals surface area (Å²) < 4.78 is 0. The van der Waals surface area contributed by atoms with Gasteiger partial charge in [-0.15, -0.1) is 0 Å². The molecule has 2 aliphatic rings. The molecule has 3 nitrogen and oxygen atoms in total. The Labute approximate surface area is 121 Å². The highest BCUT2D eigenvalue weighted by atomic mass is 16.2. The highest BCUT2D eigenvalue weighted by Crippen LogP contribution is 2.32. The highest BCUT2D eigenvalue weighted by molar-refractivity contribution is 5.82. The van der Waals surface area contributed by atoms with Crippen LogP contribution in [0.5, 0.6) is 0 Å². The summed E-state index contributed by atoms with van der Waals surface area (Å²) in [6.45, 7) is 4.05. The van der Waals surface area contributed by atoms with E-state index in [0.717, 1.165) is 25.9 Å². The predicted molar refractivity (Wildman–Crippen MR) is 80.6 cm³/mol. The van der Waals surface area contributed by atoms with E-state index >= 15 is 0 Å². The molecule has 2 heterocycles. The van der Waals surface area contributed by atoms with Gasteiger partial charge in [0, 0.05) is 18.5 Å². The summed E-state index contributed by atoms with van der Waals surface area (Å²) in [5, 5.41) is 3.38. The maximum absolute atomic E-state index is 12.7. The van der Waals surface area contributed by atoms with Crippen LogP contribution in [0.3, 0.4) is 0 Å². The van der Waals surface area contributed by atoms with Gasteiger partial charge in [-0.1, -0.05) is 36.8 Å². The molecule has 3 rings (SSSR count). The first-order valence-electron chi connectivity index (χ1n) is 7.84. The molecular formula is C17H24N2O. The number of carbonyl (C=O) groups excluding carboxylic acids is 1. The molecule has 0 bridgehead atoms. The number of benzene rings is 1. The fourth-order valence-corrected chi connectivity index (χ4v) is 3.57. The van der Waals surface area contributed by atoms with Crippen molar-refractivity contribution in [3.05, 3.63) is 35.9 Å². The molecule has 0 radical (unpaired) electrons. The standard InChI is InChI=1S/C17H24N2O/c1-13-11-15(14-7-3-2-4-8-14)12-19(13)17(20)16-9-5-6-10-18-16/h2-4,7-8,13,15-16,18H,5-6,9-12H2,1H3. The maximum atomic E-state index is 12.7. The molecule has 3 unspecified atom stereocenters. The lowest BCUT2D eigenvalue weighted by molar-refractivity contribution is -0.134. The summed E-state index contributed by atoms with van der Waals surface area (Å²) in [5.41, 5.74) is 1.37. The summed E-state index contributed by atoms with van der Waals surface area (Å²) in [5.74, 6) is 0.814. The van der Waals surface area contributed by atoms with Crippen molar-refractivity contribution in [1.82, 2.24) is 10.2 Å². The number of hydrogen-bond donors (Lipinski definition) is 1. The van der Waals surface area contributed by atoms with E-state index in [1.165, 1.54) is 18.4 Å². The fourth-order valence-electron chi connectivity index (χ4n) is 3.57. The van der Waals surface area contributed by atoms with Crippen LogP contribution in [-0.4, -0.2) is 36.0 Å². The molecule has 0 aromatic heterocycles. The first-order chi connectivity index (χ1) is 9.75. The Morgan fingerprint density at radius 1 is 1.25 bits per heavy atom. The predicted octanol–water partition coefficient (Wildman–Crippen LogP) is 2.53. The van der Waals surface area contributed by atoms with Gasteiger partial charge in [-0.05, 0) is 38.3 Å². The van der Waals surface area contributed by atoms with Crippen molar-refractivity contribution in [2.45, 2.75) is 50.6 Å². The molecule has 3 heteroatoms. The van der Waals surface area contributed by atoms with Gasteiger partial charge in [-0.2, -0.15) is 0 Å². The van der Waals surface area contributed by atoms with Crippen molar-refractivity contribution >= 4 is 5.91 Å². The van der Waals surface area contributed by atoms with Gasteiger partial charge >= 0.3 is 0 Å². The van der Waals surface area contributed by atoms with E-state index < -0.39 is 0 Å². The fraction of sp³-hybridized carbons (Fsp3) is 0.588. The average molecular weight is 272 g/mol. The summed E-state index contributed by atoms with van der Waals surface area (Å²) in [6.07, 6.45) is 4.46. The van der Waals surface area contributed by atoms with Crippen molar-refractivity contribution < 1.29 is 4.79 Å². The van der Waals surface area contributed by atoms with Crippen LogP contribution in [0, 0.1) is 0 Å². The van der Waals surface area contributed by atoms with Gasteiger partial charge in [0.2, 0.25) is 5.91 Å². The maximum Gasteiger partial charge on any atom is 0.239 e. The topological polar surface area (TPSA) is 32.3 Å². The van der Waals surface area contributed by atoms with Crippen molar-refractivity contribution in [3.8, 4) is 0 Å². The lowest BCUT2D eigenvalue weighted by atomic mass is 9.97. The third kappa shape index (κ3) is 2.73. The zero-order valence-electron chi connectivity index (χ0n) is 12.2. The third-order valence-corrected chi connectivity index (χ3v) is 4.74. The van der Waals surface area contributed by atoms with E-state index in [-0.39, 0.29) is 6.04 Å². The Morgan fingerprint density at radius 3 is 2.75 bits per heavy atom. The minimum Gasteiger partial charge on any atom is -0.338 e. The number of piperidine rings is 1. The zero-order valence-corrected chi connectivity index (χ0v) is 12.2. The molecule has 0 saturated carbocycles. The van der Waals surface area contributed by atoms with Gasteiger partial charge in [-0.25, -0.2) is 0 Å². The number of likely N-dealkylation sites (tertiary alicyclic amines) is 1. The molecule has 1 N–H and O–H groups in total. The summed E-state index contributed by atoms with van der Waals surface area (Å²) in [6, 6.07) is 11.0. The molecule has 20 heavy (non-hydrogen) atoms. The number of amides is 1. The molecule has 1 aromatic rings. The van der Waals surface area contributed by atoms with Crippen LogP contribution in [0.2, 0.25) is 0 Å². The van der Waals surface area contributed by atoms with Crippen molar-refractivity contribution in [2.24, 2.45) is 0 Å². The molecule has 2 aliphatic heterocycles. The summed E-state index contributed by atoms with van der Waals surface area (Å²) in [7, 11) is 0. The van der Waals surface area contributed by atoms with Crippen molar-refractivity contribution in [2.75, 3.05) is 13.1 Å². The Balaban J connectivity index is 1.67. The van der Waals surface area contributed by atoms with Crippen molar-refractivity contribution in [3.63, 3.8) is 0 Å². The van der Waals surface area contributed by atoms with Gasteiger partial charge in [0.05, 0.1) is 6.04 Å². The Hall–Kier alpha value is -1.35. The monoisotopic (exact) mass is 272 g/mol. The number of hydrogen-bond acceptors (Lipinski definition) is 2. The van der Waals surface area contributed by atoms with Crippen LogP contribution in [0.4, 0.5) is 0 Å². The van der Waals surface area contributed by atoms with E-state index in [1.54, 1.807) is 0 Å². The van der Waals surface area contributed by atoms with Crippen LogP contribution < -0.4 is 5.32 Å². The largest absolute Gasteiger partial charge is 0.338 e. The van der Waals surface area contributed by atoms with Crippen molar-refractivity contribution in [1.29, 1.82) is 0 Å². The summed E-state index contributed by atoms with van der Waals surface area (Å²) >= 11 is 0. The van der Waals surface area contributed by atoms with Gasteiger partial charge < -0.3 is 10.2 Å². The number of rotatable bonds is 2. The molecule has 108 valence electrons. The normalized spacial score (nSPS) is 30.4. The van der Waals surface area contributed by atoms with E-state index in [1.807, 2.05) is 0 Å². The minimum atomic E-state index is 0.0562. The molecule has 3 atom stereocenters. The number of carbonyl (C=O) groups is 1. The molecule has 2 fully saturated rings. The second-order valence-corrected chi connectivity index (χ2v) is 6.19. The Kier molecular flexibility index (Phi) is 4.06. The van der Waals surface area contributed by atoms with Gasteiger partial charge in [0.15, 0.2) is 0 Å². The minimum absolute atomic E-state index is 0.0562. The lowest BCUT2D eigenvalue weighted by Gasteiger charge is -2.29. The quantitative estimate of drug-likeness (QED) is 0.897. The molecular weight excluding hydrogens is 248 g/mol. The molecule has 0 spiro atoms. The third-order valence-electron chi connectivity index (χ3n) is 4.74.